The molecule has 1 aliphatic rings. The van der Waals surface area contributed by atoms with E-state index in [-0.39, 0.29) is 11.9 Å². The molecule has 102 valence electrons. The standard InChI is InChI=1S/C17H15BrO2/c18-10-5-11-20-17(19)16-14-8-3-1-6-12(14)13-7-2-4-9-15(13)16/h1-4,6-9,16H,5,10-11H2. The van der Waals surface area contributed by atoms with Crippen molar-refractivity contribution in [1.82, 2.24) is 0 Å². The van der Waals surface area contributed by atoms with Crippen LogP contribution in [0.2, 0.25) is 0 Å². The predicted octanol–water partition coefficient (Wildman–Crippen LogP) is 4.13. The van der Waals surface area contributed by atoms with Gasteiger partial charge in [0.25, 0.3) is 0 Å². The lowest BCUT2D eigenvalue weighted by molar-refractivity contribution is -0.144. The number of esters is 1. The van der Waals surface area contributed by atoms with Gasteiger partial charge in [0.15, 0.2) is 0 Å². The van der Waals surface area contributed by atoms with Crippen LogP contribution in [0.5, 0.6) is 0 Å². The van der Waals surface area contributed by atoms with Crippen molar-refractivity contribution in [1.29, 1.82) is 0 Å². The smallest absolute Gasteiger partial charge is 0.317 e. The van der Waals surface area contributed by atoms with Gasteiger partial charge in [-0.1, -0.05) is 64.5 Å². The van der Waals surface area contributed by atoms with Gasteiger partial charge in [-0.3, -0.25) is 4.79 Å². The Hall–Kier alpha value is -1.61. The van der Waals surface area contributed by atoms with Crippen LogP contribution in [0.3, 0.4) is 0 Å². The van der Waals surface area contributed by atoms with Gasteiger partial charge in [-0.05, 0) is 28.7 Å². The fourth-order valence-electron chi connectivity index (χ4n) is 2.72. The minimum Gasteiger partial charge on any atom is -0.465 e. The fourth-order valence-corrected chi connectivity index (χ4v) is 2.95. The van der Waals surface area contributed by atoms with Crippen LogP contribution >= 0.6 is 15.9 Å². The van der Waals surface area contributed by atoms with E-state index in [1.165, 1.54) is 0 Å². The largest absolute Gasteiger partial charge is 0.465 e. The van der Waals surface area contributed by atoms with Crippen molar-refractivity contribution in [3.63, 3.8) is 0 Å². The molecule has 3 rings (SSSR count). The lowest BCUT2D eigenvalue weighted by Crippen LogP contribution is -2.16. The topological polar surface area (TPSA) is 26.3 Å². The quantitative estimate of drug-likeness (QED) is 0.478. The zero-order valence-electron chi connectivity index (χ0n) is 11.0. The minimum atomic E-state index is -0.280. The highest BCUT2D eigenvalue weighted by Crippen LogP contribution is 2.44. The molecule has 0 amide bonds. The summed E-state index contributed by atoms with van der Waals surface area (Å²) >= 11 is 3.34. The van der Waals surface area contributed by atoms with E-state index in [1.807, 2.05) is 36.4 Å². The Morgan fingerprint density at radius 1 is 1.00 bits per heavy atom. The second-order valence-corrected chi connectivity index (χ2v) is 5.61. The molecule has 0 spiro atoms. The predicted molar refractivity (Wildman–Crippen MR) is 83.1 cm³/mol. The summed E-state index contributed by atoms with van der Waals surface area (Å²) in [5, 5.41) is 0.845. The van der Waals surface area contributed by atoms with Crippen LogP contribution in [0.1, 0.15) is 23.5 Å². The van der Waals surface area contributed by atoms with Gasteiger partial charge < -0.3 is 4.74 Å². The summed E-state index contributed by atoms with van der Waals surface area (Å²) in [7, 11) is 0. The number of carbonyl (C=O) groups is 1. The molecule has 0 aromatic heterocycles. The van der Waals surface area contributed by atoms with E-state index in [0.717, 1.165) is 34.0 Å². The monoisotopic (exact) mass is 330 g/mol. The van der Waals surface area contributed by atoms with Gasteiger partial charge >= 0.3 is 5.97 Å². The number of hydrogen-bond donors (Lipinski definition) is 0. The lowest BCUT2D eigenvalue weighted by Gasteiger charge is -2.12. The molecule has 0 saturated carbocycles. The summed E-state index contributed by atoms with van der Waals surface area (Å²) in [5.41, 5.74) is 4.39. The molecular formula is C17H15BrO2. The molecule has 1 aliphatic carbocycles. The highest BCUT2D eigenvalue weighted by atomic mass is 79.9. The van der Waals surface area contributed by atoms with Crippen molar-refractivity contribution in [3.05, 3.63) is 59.7 Å². The van der Waals surface area contributed by atoms with E-state index < -0.39 is 0 Å². The van der Waals surface area contributed by atoms with Crippen molar-refractivity contribution in [3.8, 4) is 11.1 Å². The molecular weight excluding hydrogens is 316 g/mol. The van der Waals surface area contributed by atoms with Gasteiger partial charge in [-0.2, -0.15) is 0 Å². The first-order valence-electron chi connectivity index (χ1n) is 6.73. The third-order valence-electron chi connectivity index (χ3n) is 3.59. The number of fused-ring (bicyclic) bond motifs is 3. The molecule has 2 aromatic rings. The number of ether oxygens (including phenoxy) is 1. The van der Waals surface area contributed by atoms with Gasteiger partial charge in [-0.25, -0.2) is 0 Å². The van der Waals surface area contributed by atoms with Crippen LogP contribution in [-0.2, 0) is 9.53 Å². The average Bonchev–Trinajstić information content (AvgIpc) is 2.82. The van der Waals surface area contributed by atoms with Crippen molar-refractivity contribution in [2.75, 3.05) is 11.9 Å². The maximum atomic E-state index is 12.4. The SMILES string of the molecule is O=C(OCCCBr)C1c2ccccc2-c2ccccc21. The van der Waals surface area contributed by atoms with E-state index in [4.69, 9.17) is 4.74 Å². The molecule has 0 bridgehead atoms. The van der Waals surface area contributed by atoms with Crippen molar-refractivity contribution < 1.29 is 9.53 Å². The van der Waals surface area contributed by atoms with Crippen molar-refractivity contribution >= 4 is 21.9 Å². The van der Waals surface area contributed by atoms with Crippen LogP contribution in [0, 0.1) is 0 Å². The third-order valence-corrected chi connectivity index (χ3v) is 4.15. The van der Waals surface area contributed by atoms with Gasteiger partial charge in [-0.15, -0.1) is 0 Å². The Kier molecular flexibility index (Phi) is 3.88. The van der Waals surface area contributed by atoms with E-state index in [2.05, 4.69) is 28.1 Å². The Morgan fingerprint density at radius 2 is 1.55 bits per heavy atom. The Bertz CT molecular complexity index is 591. The second kappa shape index (κ2) is 5.80. The Labute approximate surface area is 126 Å². The first kappa shape index (κ1) is 13.4. The molecule has 2 nitrogen and oxygen atoms in total. The highest BCUT2D eigenvalue weighted by molar-refractivity contribution is 9.09. The van der Waals surface area contributed by atoms with Crippen LogP contribution in [-0.4, -0.2) is 17.9 Å². The van der Waals surface area contributed by atoms with Gasteiger partial charge in [0.1, 0.15) is 5.92 Å². The van der Waals surface area contributed by atoms with Crippen molar-refractivity contribution in [2.45, 2.75) is 12.3 Å². The van der Waals surface area contributed by atoms with E-state index in [9.17, 15) is 4.79 Å². The lowest BCUT2D eigenvalue weighted by atomic mass is 9.97. The molecule has 3 heteroatoms. The molecule has 2 aromatic carbocycles. The zero-order valence-corrected chi connectivity index (χ0v) is 12.6. The number of alkyl halides is 1. The molecule has 0 unspecified atom stereocenters. The Balaban J connectivity index is 1.96. The number of benzene rings is 2. The highest BCUT2D eigenvalue weighted by Gasteiger charge is 2.34. The number of carbonyl (C=O) groups excluding carboxylic acids is 1. The molecule has 0 heterocycles. The normalized spacial score (nSPS) is 12.8. The second-order valence-electron chi connectivity index (χ2n) is 4.82. The van der Waals surface area contributed by atoms with Crippen molar-refractivity contribution in [2.24, 2.45) is 0 Å². The molecule has 0 radical (unpaired) electrons. The first-order chi connectivity index (χ1) is 9.83. The van der Waals surface area contributed by atoms with Crippen LogP contribution in [0.4, 0.5) is 0 Å². The maximum Gasteiger partial charge on any atom is 0.317 e. The Morgan fingerprint density at radius 3 is 2.10 bits per heavy atom. The number of hydrogen-bond acceptors (Lipinski definition) is 2. The first-order valence-corrected chi connectivity index (χ1v) is 7.86. The van der Waals surface area contributed by atoms with Crippen LogP contribution < -0.4 is 0 Å². The van der Waals surface area contributed by atoms with E-state index in [0.29, 0.717) is 6.61 Å². The van der Waals surface area contributed by atoms with E-state index in [1.54, 1.807) is 0 Å². The fraction of sp³-hybridized carbons (Fsp3) is 0.235. The summed E-state index contributed by atoms with van der Waals surface area (Å²) in [5.74, 6) is -0.430. The summed E-state index contributed by atoms with van der Waals surface area (Å²) in [6.07, 6.45) is 0.835. The average molecular weight is 331 g/mol. The summed E-state index contributed by atoms with van der Waals surface area (Å²) in [4.78, 5) is 12.4. The minimum absolute atomic E-state index is 0.150. The number of halogens is 1. The third kappa shape index (κ3) is 2.27. The van der Waals surface area contributed by atoms with Gasteiger partial charge in [0.05, 0.1) is 6.61 Å². The molecule has 0 fully saturated rings. The molecule has 0 aliphatic heterocycles. The zero-order chi connectivity index (χ0) is 13.9. The summed E-state index contributed by atoms with van der Waals surface area (Å²) in [6, 6.07) is 16.1. The van der Waals surface area contributed by atoms with Gasteiger partial charge in [0.2, 0.25) is 0 Å². The molecule has 0 atom stereocenters. The number of rotatable bonds is 4. The maximum absolute atomic E-state index is 12.4. The molecule has 0 N–H and O–H groups in total. The summed E-state index contributed by atoms with van der Waals surface area (Å²) < 4.78 is 5.41. The molecule has 20 heavy (non-hydrogen) atoms. The van der Waals surface area contributed by atoms with E-state index >= 15 is 0 Å². The molecule has 0 saturated heterocycles. The van der Waals surface area contributed by atoms with Crippen LogP contribution in [0.15, 0.2) is 48.5 Å². The van der Waals surface area contributed by atoms with Crippen LogP contribution in [0.25, 0.3) is 11.1 Å². The summed E-state index contributed by atoms with van der Waals surface area (Å²) in [6.45, 7) is 0.463. The van der Waals surface area contributed by atoms with Gasteiger partial charge in [0, 0.05) is 5.33 Å².